The molecule has 158 valence electrons. The van der Waals surface area contributed by atoms with Crippen LogP contribution in [0.1, 0.15) is 22.5 Å². The van der Waals surface area contributed by atoms with Crippen LogP contribution in [0.4, 0.5) is 8.78 Å². The first-order valence-corrected chi connectivity index (χ1v) is 9.33. The lowest BCUT2D eigenvalue weighted by Crippen LogP contribution is -2.49. The van der Waals surface area contributed by atoms with Crippen molar-refractivity contribution in [3.05, 3.63) is 77.6 Å². The fraction of sp³-hybridized carbons (Fsp3) is 0.286. The molecule has 7 nitrogen and oxygen atoms in total. The van der Waals surface area contributed by atoms with E-state index in [1.807, 2.05) is 0 Å². The van der Waals surface area contributed by atoms with Gasteiger partial charge in [-0.2, -0.15) is 0 Å². The van der Waals surface area contributed by atoms with Gasteiger partial charge in [0, 0.05) is 18.8 Å². The van der Waals surface area contributed by atoms with Crippen molar-refractivity contribution in [3.8, 4) is 0 Å². The number of aromatic nitrogens is 1. The van der Waals surface area contributed by atoms with Crippen LogP contribution in [0.5, 0.6) is 0 Å². The molecular formula is C21H21F2N3O4. The molecule has 2 heterocycles. The summed E-state index contributed by atoms with van der Waals surface area (Å²) in [6.07, 6.45) is 3.37. The van der Waals surface area contributed by atoms with Crippen LogP contribution in [0.25, 0.3) is 0 Å². The van der Waals surface area contributed by atoms with Crippen molar-refractivity contribution in [2.75, 3.05) is 6.61 Å². The number of hydrogen-bond acceptors (Lipinski definition) is 5. The molecule has 30 heavy (non-hydrogen) atoms. The topological polar surface area (TPSA) is 101 Å². The summed E-state index contributed by atoms with van der Waals surface area (Å²) in [4.78, 5) is 28.3. The molecule has 2 aromatic rings. The first-order valence-electron chi connectivity index (χ1n) is 9.33. The Bertz CT molecular complexity index is 903. The number of aliphatic hydroxyl groups excluding tert-OH is 1. The van der Waals surface area contributed by atoms with Gasteiger partial charge in [-0.25, -0.2) is 8.78 Å². The van der Waals surface area contributed by atoms with E-state index in [2.05, 4.69) is 15.6 Å². The molecule has 1 aliphatic rings. The Labute approximate surface area is 171 Å². The van der Waals surface area contributed by atoms with E-state index in [4.69, 9.17) is 4.74 Å². The standard InChI is InChI=1S/C21H21F2N3O4/c22-14-7-13(8-15(23)9-14)11-25-20(28)10-16-4-5-17(19(12-27)30-16)26-21(29)18-3-1-2-6-24-18/h1-9,16-17,19,27H,10-12H2,(H,25,28)(H,26,29)/t16-,17+,19+/m0/s1. The molecule has 0 saturated heterocycles. The second-order valence-electron chi connectivity index (χ2n) is 6.75. The maximum Gasteiger partial charge on any atom is 0.270 e. The lowest BCUT2D eigenvalue weighted by molar-refractivity contribution is -0.125. The summed E-state index contributed by atoms with van der Waals surface area (Å²) in [6, 6.07) is 7.38. The van der Waals surface area contributed by atoms with Crippen molar-refractivity contribution in [2.24, 2.45) is 0 Å². The molecule has 3 N–H and O–H groups in total. The Morgan fingerprint density at radius 1 is 1.13 bits per heavy atom. The molecule has 0 spiro atoms. The Hall–Kier alpha value is -3.17. The van der Waals surface area contributed by atoms with Crippen LogP contribution in [0.3, 0.4) is 0 Å². The Morgan fingerprint density at radius 2 is 1.90 bits per heavy atom. The SMILES string of the molecule is O=C(C[C@@H]1C=C[C@@H](NC(=O)c2ccccn2)[C@@H](CO)O1)NCc1cc(F)cc(F)c1. The third-order valence-corrected chi connectivity index (χ3v) is 4.46. The number of carbonyl (C=O) groups is 2. The molecule has 9 heteroatoms. The van der Waals surface area contributed by atoms with Crippen LogP contribution in [0, 0.1) is 11.6 Å². The number of carbonyl (C=O) groups excluding carboxylic acids is 2. The lowest BCUT2D eigenvalue weighted by atomic mass is 10.0. The number of hydrogen-bond donors (Lipinski definition) is 3. The molecule has 0 radical (unpaired) electrons. The van der Waals surface area contributed by atoms with Crippen LogP contribution in [-0.2, 0) is 16.1 Å². The third kappa shape index (κ3) is 5.91. The van der Waals surface area contributed by atoms with Gasteiger partial charge in [0.2, 0.25) is 5.91 Å². The molecule has 3 atom stereocenters. The normalized spacial score (nSPS) is 20.6. The van der Waals surface area contributed by atoms with Crippen LogP contribution in [-0.4, -0.2) is 46.8 Å². The van der Waals surface area contributed by atoms with Crippen molar-refractivity contribution >= 4 is 11.8 Å². The van der Waals surface area contributed by atoms with Crippen LogP contribution in [0.15, 0.2) is 54.7 Å². The minimum atomic E-state index is -0.738. The summed E-state index contributed by atoms with van der Waals surface area (Å²) in [5.41, 5.74) is 0.532. The van der Waals surface area contributed by atoms with Gasteiger partial charge in [0.05, 0.1) is 25.2 Å². The largest absolute Gasteiger partial charge is 0.394 e. The summed E-state index contributed by atoms with van der Waals surface area (Å²) < 4.78 is 32.1. The summed E-state index contributed by atoms with van der Waals surface area (Å²) in [6.45, 7) is -0.395. The van der Waals surface area contributed by atoms with E-state index in [1.165, 1.54) is 6.20 Å². The summed E-state index contributed by atoms with van der Waals surface area (Å²) in [5.74, 6) is -2.24. The van der Waals surface area contributed by atoms with E-state index in [0.717, 1.165) is 18.2 Å². The molecule has 0 bridgehead atoms. The first kappa shape index (κ1) is 21.5. The third-order valence-electron chi connectivity index (χ3n) is 4.46. The highest BCUT2D eigenvalue weighted by Crippen LogP contribution is 2.16. The van der Waals surface area contributed by atoms with Gasteiger partial charge >= 0.3 is 0 Å². The lowest BCUT2D eigenvalue weighted by Gasteiger charge is -2.31. The zero-order valence-electron chi connectivity index (χ0n) is 15.9. The number of nitrogens with one attached hydrogen (secondary N) is 2. The molecule has 0 aliphatic carbocycles. The summed E-state index contributed by atoms with van der Waals surface area (Å²) in [5, 5.41) is 14.9. The van der Waals surface area contributed by atoms with Gasteiger partial charge in [-0.15, -0.1) is 0 Å². The van der Waals surface area contributed by atoms with E-state index in [1.54, 1.807) is 30.4 Å². The van der Waals surface area contributed by atoms with E-state index in [9.17, 15) is 23.5 Å². The first-order chi connectivity index (χ1) is 14.4. The number of rotatable bonds is 7. The van der Waals surface area contributed by atoms with Gasteiger partial charge in [0.25, 0.3) is 5.91 Å². The Balaban J connectivity index is 1.53. The number of nitrogens with zero attached hydrogens (tertiary/aromatic N) is 1. The van der Waals surface area contributed by atoms with E-state index in [-0.39, 0.29) is 31.2 Å². The molecule has 1 aliphatic heterocycles. The van der Waals surface area contributed by atoms with Gasteiger partial charge in [0.1, 0.15) is 23.4 Å². The number of pyridine rings is 1. The van der Waals surface area contributed by atoms with Crippen molar-refractivity contribution in [3.63, 3.8) is 0 Å². The molecule has 2 amide bonds. The molecule has 1 aromatic heterocycles. The average molecular weight is 417 g/mol. The Morgan fingerprint density at radius 3 is 2.57 bits per heavy atom. The maximum atomic E-state index is 13.2. The second kappa shape index (κ2) is 10.0. The smallest absolute Gasteiger partial charge is 0.270 e. The molecule has 0 unspecified atom stereocenters. The van der Waals surface area contributed by atoms with Gasteiger partial charge in [-0.3, -0.25) is 14.6 Å². The minimum Gasteiger partial charge on any atom is -0.394 e. The highest BCUT2D eigenvalue weighted by Gasteiger charge is 2.29. The van der Waals surface area contributed by atoms with Crippen molar-refractivity contribution < 1.29 is 28.2 Å². The van der Waals surface area contributed by atoms with Gasteiger partial charge in [0.15, 0.2) is 0 Å². The van der Waals surface area contributed by atoms with E-state index < -0.39 is 35.8 Å². The molecule has 0 saturated carbocycles. The average Bonchev–Trinajstić information content (AvgIpc) is 2.73. The van der Waals surface area contributed by atoms with Gasteiger partial charge < -0.3 is 20.5 Å². The number of halogens is 2. The fourth-order valence-corrected chi connectivity index (χ4v) is 3.03. The molecule has 3 rings (SSSR count). The van der Waals surface area contributed by atoms with E-state index >= 15 is 0 Å². The quantitative estimate of drug-likeness (QED) is 0.593. The van der Waals surface area contributed by atoms with Crippen molar-refractivity contribution in [1.82, 2.24) is 15.6 Å². The number of amides is 2. The van der Waals surface area contributed by atoms with Crippen LogP contribution >= 0.6 is 0 Å². The number of aliphatic hydroxyl groups is 1. The Kier molecular flexibility index (Phi) is 7.21. The monoisotopic (exact) mass is 417 g/mol. The highest BCUT2D eigenvalue weighted by atomic mass is 19.1. The second-order valence-corrected chi connectivity index (χ2v) is 6.75. The predicted molar refractivity (Wildman–Crippen MR) is 103 cm³/mol. The van der Waals surface area contributed by atoms with E-state index in [0.29, 0.717) is 5.56 Å². The van der Waals surface area contributed by atoms with Gasteiger partial charge in [-0.1, -0.05) is 18.2 Å². The van der Waals surface area contributed by atoms with Crippen LogP contribution < -0.4 is 10.6 Å². The van der Waals surface area contributed by atoms with Crippen LogP contribution in [0.2, 0.25) is 0 Å². The minimum absolute atomic E-state index is 0.0316. The zero-order valence-corrected chi connectivity index (χ0v) is 15.9. The molecule has 0 fully saturated rings. The highest BCUT2D eigenvalue weighted by molar-refractivity contribution is 5.92. The van der Waals surface area contributed by atoms with Crippen molar-refractivity contribution in [2.45, 2.75) is 31.2 Å². The predicted octanol–water partition coefficient (Wildman–Crippen LogP) is 1.48. The van der Waals surface area contributed by atoms with Crippen molar-refractivity contribution in [1.29, 1.82) is 0 Å². The molecule has 1 aromatic carbocycles. The number of benzene rings is 1. The fourth-order valence-electron chi connectivity index (χ4n) is 3.03. The number of ether oxygens (including phenoxy) is 1. The summed E-state index contributed by atoms with van der Waals surface area (Å²) >= 11 is 0. The van der Waals surface area contributed by atoms with Gasteiger partial charge in [-0.05, 0) is 29.8 Å². The zero-order chi connectivity index (χ0) is 21.5. The summed E-state index contributed by atoms with van der Waals surface area (Å²) in [7, 11) is 0. The molecular weight excluding hydrogens is 396 g/mol. The maximum absolute atomic E-state index is 13.2.